The maximum absolute atomic E-state index is 12.4. The Morgan fingerprint density at radius 3 is 2.45 bits per heavy atom. The summed E-state index contributed by atoms with van der Waals surface area (Å²) in [5.74, 6) is 0.442. The van der Waals surface area contributed by atoms with E-state index in [9.17, 15) is 13.5 Å². The summed E-state index contributed by atoms with van der Waals surface area (Å²) >= 11 is 1.45. The number of hydrogen-bond donors (Lipinski definition) is 3. The van der Waals surface area contributed by atoms with Crippen LogP contribution in [0.4, 0.5) is 5.69 Å². The summed E-state index contributed by atoms with van der Waals surface area (Å²) in [6.45, 7) is 5.00. The van der Waals surface area contributed by atoms with Crippen LogP contribution in [0.15, 0.2) is 17.0 Å². The average Bonchev–Trinajstić information content (AvgIpc) is 2.32. The van der Waals surface area contributed by atoms with Crippen molar-refractivity contribution in [2.75, 3.05) is 24.3 Å². The molecular weight excluding hydrogens is 296 g/mol. The normalized spacial score (nSPS) is 15.1. The zero-order valence-corrected chi connectivity index (χ0v) is 13.9. The fourth-order valence-corrected chi connectivity index (χ4v) is 4.16. The van der Waals surface area contributed by atoms with Gasteiger partial charge < -0.3 is 10.8 Å². The summed E-state index contributed by atoms with van der Waals surface area (Å²) in [7, 11) is -3.74. The number of nitrogens with one attached hydrogen (secondary N) is 1. The molecule has 0 saturated carbocycles. The standard InChI is InChI=1S/C13H22N2O3S2/c1-9-5-6-10(2)12(11(9)14)20(17,18)15-7-13(3,16)8-19-4/h5-6,15-16H,7-8,14H2,1-4H3. The quantitative estimate of drug-likeness (QED) is 0.687. The molecule has 0 aliphatic carbocycles. The van der Waals surface area contributed by atoms with Crippen LogP contribution in [0.3, 0.4) is 0 Å². The second-order valence-electron chi connectivity index (χ2n) is 5.20. The lowest BCUT2D eigenvalue weighted by Crippen LogP contribution is -2.42. The number of nitrogens with two attached hydrogens (primary N) is 1. The van der Waals surface area contributed by atoms with Crippen molar-refractivity contribution in [1.29, 1.82) is 0 Å². The number of thioether (sulfide) groups is 1. The third kappa shape index (κ3) is 4.12. The lowest BCUT2D eigenvalue weighted by Gasteiger charge is -2.23. The Morgan fingerprint density at radius 1 is 1.35 bits per heavy atom. The van der Waals surface area contributed by atoms with E-state index in [1.165, 1.54) is 11.8 Å². The molecule has 4 N–H and O–H groups in total. The first-order valence-corrected chi connectivity index (χ1v) is 9.05. The molecule has 1 rings (SSSR count). The van der Waals surface area contributed by atoms with Gasteiger partial charge in [-0.3, -0.25) is 0 Å². The maximum atomic E-state index is 12.4. The van der Waals surface area contributed by atoms with Crippen LogP contribution >= 0.6 is 11.8 Å². The van der Waals surface area contributed by atoms with Gasteiger partial charge >= 0.3 is 0 Å². The van der Waals surface area contributed by atoms with E-state index in [0.717, 1.165) is 0 Å². The van der Waals surface area contributed by atoms with Crippen LogP contribution < -0.4 is 10.5 Å². The topological polar surface area (TPSA) is 92.4 Å². The summed E-state index contributed by atoms with van der Waals surface area (Å²) < 4.78 is 27.2. The molecule has 0 bridgehead atoms. The molecule has 0 aliphatic heterocycles. The molecule has 0 saturated heterocycles. The zero-order valence-electron chi connectivity index (χ0n) is 12.2. The van der Waals surface area contributed by atoms with E-state index in [1.54, 1.807) is 32.9 Å². The number of hydrogen-bond acceptors (Lipinski definition) is 5. The number of anilines is 1. The van der Waals surface area contributed by atoms with Gasteiger partial charge in [0.1, 0.15) is 4.90 Å². The Labute approximate surface area is 125 Å². The van der Waals surface area contributed by atoms with Gasteiger partial charge in [-0.15, -0.1) is 0 Å². The first-order chi connectivity index (χ1) is 9.10. The average molecular weight is 318 g/mol. The van der Waals surface area contributed by atoms with Crippen LogP contribution in [0.1, 0.15) is 18.1 Å². The molecule has 7 heteroatoms. The highest BCUT2D eigenvalue weighted by molar-refractivity contribution is 7.98. The van der Waals surface area contributed by atoms with E-state index in [0.29, 0.717) is 16.9 Å². The van der Waals surface area contributed by atoms with Crippen LogP contribution in [-0.2, 0) is 10.0 Å². The molecular formula is C13H22N2O3S2. The molecule has 5 nitrogen and oxygen atoms in total. The lowest BCUT2D eigenvalue weighted by molar-refractivity contribution is 0.0908. The molecule has 0 radical (unpaired) electrons. The van der Waals surface area contributed by atoms with E-state index in [2.05, 4.69) is 4.72 Å². The zero-order chi connectivity index (χ0) is 15.6. The van der Waals surface area contributed by atoms with E-state index in [-0.39, 0.29) is 17.1 Å². The summed E-state index contributed by atoms with van der Waals surface area (Å²) in [5.41, 5.74) is 6.34. The van der Waals surface area contributed by atoms with Gasteiger partial charge in [-0.2, -0.15) is 11.8 Å². The maximum Gasteiger partial charge on any atom is 0.242 e. The van der Waals surface area contributed by atoms with Crippen molar-refractivity contribution in [2.24, 2.45) is 0 Å². The molecule has 1 atom stereocenters. The Morgan fingerprint density at radius 2 is 1.90 bits per heavy atom. The lowest BCUT2D eigenvalue weighted by atomic mass is 10.1. The van der Waals surface area contributed by atoms with Crippen LogP contribution in [0.2, 0.25) is 0 Å². The third-order valence-electron chi connectivity index (χ3n) is 2.98. The Bertz CT molecular complexity index is 584. The van der Waals surface area contributed by atoms with Gasteiger partial charge in [-0.25, -0.2) is 13.1 Å². The van der Waals surface area contributed by atoms with Crippen molar-refractivity contribution in [3.63, 3.8) is 0 Å². The van der Waals surface area contributed by atoms with Crippen molar-refractivity contribution in [3.05, 3.63) is 23.3 Å². The monoisotopic (exact) mass is 318 g/mol. The van der Waals surface area contributed by atoms with Crippen molar-refractivity contribution in [2.45, 2.75) is 31.3 Å². The minimum absolute atomic E-state index is 0.0526. The highest BCUT2D eigenvalue weighted by Gasteiger charge is 2.26. The van der Waals surface area contributed by atoms with Gasteiger partial charge in [-0.1, -0.05) is 12.1 Å². The molecule has 0 heterocycles. The Balaban J connectivity index is 3.04. The predicted octanol–water partition coefficient (Wildman–Crippen LogP) is 1.28. The number of aliphatic hydroxyl groups is 1. The minimum atomic E-state index is -3.74. The largest absolute Gasteiger partial charge is 0.397 e. The first-order valence-electron chi connectivity index (χ1n) is 6.17. The van der Waals surface area contributed by atoms with Crippen LogP contribution in [0.25, 0.3) is 0 Å². The second kappa shape index (κ2) is 6.34. The molecule has 1 aromatic rings. The van der Waals surface area contributed by atoms with E-state index >= 15 is 0 Å². The molecule has 0 fully saturated rings. The van der Waals surface area contributed by atoms with Gasteiger partial charge in [0.25, 0.3) is 0 Å². The first kappa shape index (κ1) is 17.3. The van der Waals surface area contributed by atoms with Gasteiger partial charge in [0.15, 0.2) is 0 Å². The molecule has 0 spiro atoms. The number of nitrogen functional groups attached to an aromatic ring is 1. The van der Waals surface area contributed by atoms with E-state index in [1.807, 2.05) is 6.26 Å². The summed E-state index contributed by atoms with van der Waals surface area (Å²) in [5, 5.41) is 10.0. The number of sulfonamides is 1. The molecule has 20 heavy (non-hydrogen) atoms. The fourth-order valence-electron chi connectivity index (χ4n) is 1.85. The Hall–Kier alpha value is -0.760. The molecule has 1 aromatic carbocycles. The van der Waals surface area contributed by atoms with Gasteiger partial charge in [0, 0.05) is 12.3 Å². The van der Waals surface area contributed by atoms with Gasteiger partial charge in [0.05, 0.1) is 11.3 Å². The van der Waals surface area contributed by atoms with Crippen molar-refractivity contribution >= 4 is 27.5 Å². The number of aryl methyl sites for hydroxylation is 2. The third-order valence-corrected chi connectivity index (χ3v) is 5.49. The van der Waals surface area contributed by atoms with Crippen LogP contribution in [0, 0.1) is 13.8 Å². The van der Waals surface area contributed by atoms with Crippen molar-refractivity contribution in [1.82, 2.24) is 4.72 Å². The fraction of sp³-hybridized carbons (Fsp3) is 0.538. The molecule has 0 amide bonds. The molecule has 0 aromatic heterocycles. The molecule has 114 valence electrons. The second-order valence-corrected chi connectivity index (χ2v) is 7.77. The summed E-state index contributed by atoms with van der Waals surface area (Å²) in [6, 6.07) is 3.51. The smallest absolute Gasteiger partial charge is 0.242 e. The highest BCUT2D eigenvalue weighted by atomic mass is 32.2. The van der Waals surface area contributed by atoms with Crippen LogP contribution in [0.5, 0.6) is 0 Å². The van der Waals surface area contributed by atoms with E-state index in [4.69, 9.17) is 5.73 Å². The summed E-state index contributed by atoms with van der Waals surface area (Å²) in [6.07, 6.45) is 1.85. The van der Waals surface area contributed by atoms with Crippen molar-refractivity contribution in [3.8, 4) is 0 Å². The molecule has 1 unspecified atom stereocenters. The highest BCUT2D eigenvalue weighted by Crippen LogP contribution is 2.26. The molecule has 0 aliphatic rings. The van der Waals surface area contributed by atoms with Gasteiger partial charge in [0.2, 0.25) is 10.0 Å². The minimum Gasteiger partial charge on any atom is -0.397 e. The SMILES string of the molecule is CSCC(C)(O)CNS(=O)(=O)c1c(C)ccc(C)c1N. The predicted molar refractivity (Wildman–Crippen MR) is 84.5 cm³/mol. The van der Waals surface area contributed by atoms with Crippen LogP contribution in [-0.4, -0.2) is 37.7 Å². The van der Waals surface area contributed by atoms with Crippen molar-refractivity contribution < 1.29 is 13.5 Å². The number of rotatable bonds is 6. The summed E-state index contributed by atoms with van der Waals surface area (Å²) in [4.78, 5) is 0.0949. The number of benzene rings is 1. The Kier molecular flexibility index (Phi) is 5.48. The van der Waals surface area contributed by atoms with E-state index < -0.39 is 15.6 Å². The van der Waals surface area contributed by atoms with Gasteiger partial charge in [-0.05, 0) is 38.2 Å².